The summed E-state index contributed by atoms with van der Waals surface area (Å²) < 4.78 is 5.91. The molecule has 28 heavy (non-hydrogen) atoms. The highest BCUT2D eigenvalue weighted by Crippen LogP contribution is 2.61. The average molecular weight is 378 g/mol. The van der Waals surface area contributed by atoms with Crippen LogP contribution in [0.4, 0.5) is 5.69 Å². The van der Waals surface area contributed by atoms with Crippen molar-refractivity contribution >= 4 is 17.4 Å². The number of carbonyl (C=O) groups excluding carboxylic acids is 2. The number of rotatable bonds is 0. The van der Waals surface area contributed by atoms with Crippen LogP contribution in [0.2, 0.25) is 0 Å². The van der Waals surface area contributed by atoms with E-state index in [2.05, 4.69) is 4.90 Å². The number of hydrogen-bond acceptors (Lipinski definition) is 5. The fourth-order valence-electron chi connectivity index (χ4n) is 6.30. The van der Waals surface area contributed by atoms with Crippen LogP contribution in [0.5, 0.6) is 0 Å². The van der Waals surface area contributed by atoms with Crippen LogP contribution in [0, 0.1) is 5.92 Å². The van der Waals surface area contributed by atoms with Crippen molar-refractivity contribution in [1.29, 1.82) is 0 Å². The van der Waals surface area contributed by atoms with Gasteiger partial charge in [0.05, 0.1) is 11.5 Å². The Morgan fingerprint density at radius 3 is 2.93 bits per heavy atom. The van der Waals surface area contributed by atoms with E-state index in [4.69, 9.17) is 4.74 Å². The molecule has 0 unspecified atom stereocenters. The molecule has 7 rings (SSSR count). The van der Waals surface area contributed by atoms with Crippen molar-refractivity contribution < 1.29 is 19.4 Å². The second-order valence-electron chi connectivity index (χ2n) is 8.69. The van der Waals surface area contributed by atoms with E-state index in [0.717, 1.165) is 23.4 Å². The number of nitrogens with zero attached hydrogens (tertiary/aromatic N) is 2. The van der Waals surface area contributed by atoms with Gasteiger partial charge in [0.1, 0.15) is 18.1 Å². The first-order chi connectivity index (χ1) is 13.5. The van der Waals surface area contributed by atoms with E-state index in [9.17, 15) is 14.7 Å². The Balaban J connectivity index is 1.73. The van der Waals surface area contributed by atoms with E-state index in [1.807, 2.05) is 37.4 Å². The minimum absolute atomic E-state index is 0.124. The fraction of sp³-hybridized carbons (Fsp3) is 0.455. The lowest BCUT2D eigenvalue weighted by Gasteiger charge is -2.55. The first-order valence-electron chi connectivity index (χ1n) is 9.88. The molecule has 0 aromatic heterocycles. The number of amides is 1. The smallest absolute Gasteiger partial charge is 0.254 e. The Hall–Kier alpha value is -2.44. The molecular formula is C22H22N2O4. The Kier molecular flexibility index (Phi) is 3.02. The van der Waals surface area contributed by atoms with Gasteiger partial charge in [-0.3, -0.25) is 9.59 Å². The highest BCUT2D eigenvalue weighted by molar-refractivity contribution is 6.11. The van der Waals surface area contributed by atoms with Gasteiger partial charge in [-0.15, -0.1) is 0 Å². The van der Waals surface area contributed by atoms with Crippen LogP contribution in [0.15, 0.2) is 47.7 Å². The lowest BCUT2D eigenvalue weighted by Crippen LogP contribution is -2.72. The minimum atomic E-state index is -1.39. The van der Waals surface area contributed by atoms with Crippen molar-refractivity contribution in [3.05, 3.63) is 53.3 Å². The average Bonchev–Trinajstić information content (AvgIpc) is 2.96. The molecule has 4 atom stereocenters. The van der Waals surface area contributed by atoms with Gasteiger partial charge >= 0.3 is 0 Å². The highest BCUT2D eigenvalue weighted by Gasteiger charge is 2.72. The lowest BCUT2D eigenvalue weighted by atomic mass is 9.54. The molecule has 5 heterocycles. The molecule has 6 nitrogen and oxygen atoms in total. The molecule has 1 aliphatic carbocycles. The molecule has 144 valence electrons. The summed E-state index contributed by atoms with van der Waals surface area (Å²) >= 11 is 0. The molecule has 1 N–H and O–H groups in total. The van der Waals surface area contributed by atoms with Gasteiger partial charge in [0.25, 0.3) is 5.91 Å². The number of hydrogen-bond donors (Lipinski definition) is 1. The van der Waals surface area contributed by atoms with E-state index in [1.165, 1.54) is 6.08 Å². The number of likely N-dealkylation sites (N-methyl/N-ethyl adjacent to an activating group) is 1. The summed E-state index contributed by atoms with van der Waals surface area (Å²) in [6.45, 7) is 1.72. The standard InChI is InChI=1S/C22H22N2O4/c1-23-8-7-21-14-4-2-3-5-16(14)24-19(26)11-18-22(27,20(21)24)15(10-17(21)25)13(12-23)6-9-28-18/h2-6,11,15,20,27H,7-10,12H2,1H3/t15-,20+,21+,22+/m0/s1. The second-order valence-corrected chi connectivity index (χ2v) is 8.69. The van der Waals surface area contributed by atoms with Crippen molar-refractivity contribution in [2.75, 3.05) is 31.6 Å². The summed E-state index contributed by atoms with van der Waals surface area (Å²) in [4.78, 5) is 30.8. The zero-order valence-corrected chi connectivity index (χ0v) is 15.7. The molecule has 4 bridgehead atoms. The monoisotopic (exact) mass is 378 g/mol. The number of Topliss-reactive ketones (excluding diaryl/α,β-unsaturated/α-hetero) is 1. The van der Waals surface area contributed by atoms with Gasteiger partial charge in [-0.25, -0.2) is 0 Å². The van der Waals surface area contributed by atoms with Crippen molar-refractivity contribution in [2.24, 2.45) is 5.92 Å². The number of anilines is 1. The third-order valence-electron chi connectivity index (χ3n) is 7.46. The summed E-state index contributed by atoms with van der Waals surface area (Å²) in [7, 11) is 2.05. The van der Waals surface area contributed by atoms with Crippen molar-refractivity contribution in [3.63, 3.8) is 0 Å². The van der Waals surface area contributed by atoms with Gasteiger partial charge in [0.2, 0.25) is 0 Å². The molecule has 0 radical (unpaired) electrons. The van der Waals surface area contributed by atoms with E-state index in [-0.39, 0.29) is 24.0 Å². The van der Waals surface area contributed by atoms with E-state index in [0.29, 0.717) is 25.3 Å². The maximum Gasteiger partial charge on any atom is 0.254 e. The van der Waals surface area contributed by atoms with Crippen molar-refractivity contribution in [1.82, 2.24) is 4.90 Å². The zero-order chi connectivity index (χ0) is 19.3. The van der Waals surface area contributed by atoms with Crippen LogP contribution in [0.3, 0.4) is 0 Å². The van der Waals surface area contributed by atoms with Crippen LogP contribution in [-0.4, -0.2) is 60.1 Å². The lowest BCUT2D eigenvalue weighted by molar-refractivity contribution is -0.145. The molecule has 1 aromatic carbocycles. The number of carbonyl (C=O) groups is 2. The van der Waals surface area contributed by atoms with E-state index >= 15 is 0 Å². The molecule has 3 fully saturated rings. The Bertz CT molecular complexity index is 998. The van der Waals surface area contributed by atoms with Gasteiger partial charge in [0.15, 0.2) is 5.60 Å². The third kappa shape index (κ3) is 1.68. The summed E-state index contributed by atoms with van der Waals surface area (Å²) in [5.41, 5.74) is 0.337. The fourth-order valence-corrected chi connectivity index (χ4v) is 6.30. The first kappa shape index (κ1) is 16.5. The van der Waals surface area contributed by atoms with Gasteiger partial charge in [-0.2, -0.15) is 0 Å². The second kappa shape index (κ2) is 5.13. The van der Waals surface area contributed by atoms with Crippen molar-refractivity contribution in [2.45, 2.75) is 29.9 Å². The molecule has 2 saturated heterocycles. The molecule has 1 amide bonds. The van der Waals surface area contributed by atoms with Crippen molar-refractivity contribution in [3.8, 4) is 0 Å². The Morgan fingerprint density at radius 2 is 2.07 bits per heavy atom. The van der Waals surface area contributed by atoms with Crippen LogP contribution in [0.25, 0.3) is 0 Å². The Morgan fingerprint density at radius 1 is 1.25 bits per heavy atom. The first-order valence-corrected chi connectivity index (χ1v) is 9.88. The van der Waals surface area contributed by atoms with Gasteiger partial charge in [-0.05, 0) is 43.3 Å². The number of ketones is 1. The number of aliphatic hydroxyl groups is 1. The van der Waals surface area contributed by atoms with E-state index in [1.54, 1.807) is 4.90 Å². The number of para-hydroxylation sites is 1. The topological polar surface area (TPSA) is 70.1 Å². The molecule has 1 spiro atoms. The van der Waals surface area contributed by atoms with Gasteiger partial charge in [0, 0.05) is 30.6 Å². The summed E-state index contributed by atoms with van der Waals surface area (Å²) in [6, 6.07) is 6.98. The molecule has 6 aliphatic rings. The quantitative estimate of drug-likeness (QED) is 0.686. The number of fused-ring (bicyclic) bond motifs is 6. The van der Waals surface area contributed by atoms with Crippen LogP contribution in [0.1, 0.15) is 18.4 Å². The van der Waals surface area contributed by atoms with Gasteiger partial charge in [-0.1, -0.05) is 18.2 Å². The minimum Gasteiger partial charge on any atom is -0.490 e. The summed E-state index contributed by atoms with van der Waals surface area (Å²) in [5.74, 6) is -0.149. The number of ether oxygens (including phenoxy) is 1. The van der Waals surface area contributed by atoms with Crippen LogP contribution >= 0.6 is 0 Å². The molecule has 1 aromatic rings. The molecular weight excluding hydrogens is 356 g/mol. The maximum atomic E-state index is 13.8. The molecule has 5 aliphatic heterocycles. The highest BCUT2D eigenvalue weighted by atomic mass is 16.5. The van der Waals surface area contributed by atoms with Crippen LogP contribution < -0.4 is 4.90 Å². The van der Waals surface area contributed by atoms with Gasteiger partial charge < -0.3 is 19.6 Å². The Labute approximate surface area is 163 Å². The maximum absolute atomic E-state index is 13.8. The van der Waals surface area contributed by atoms with Crippen LogP contribution in [-0.2, 0) is 19.7 Å². The largest absolute Gasteiger partial charge is 0.490 e. The van der Waals surface area contributed by atoms with E-state index < -0.39 is 17.1 Å². The summed E-state index contributed by atoms with van der Waals surface area (Å²) in [5, 5.41) is 12.3. The zero-order valence-electron chi connectivity index (χ0n) is 15.7. The molecule has 6 heteroatoms. The number of benzene rings is 1. The predicted molar refractivity (Wildman–Crippen MR) is 102 cm³/mol. The molecule has 1 saturated carbocycles. The third-order valence-corrected chi connectivity index (χ3v) is 7.46. The summed E-state index contributed by atoms with van der Waals surface area (Å²) in [6.07, 6.45) is 4.26. The SMILES string of the molecule is CN1CC[C@]23C(=O)C[C@H]4C(=CCOC5=CC(=O)N(c6ccccc62)[C@H]3[C@]54O)C1. The predicted octanol–water partition coefficient (Wildman–Crippen LogP) is 1.15. The normalized spacial score (nSPS) is 38.6.